The Kier molecular flexibility index (Phi) is 5.42. The number of allylic oxidation sites excluding steroid dienone is 4. The van der Waals surface area contributed by atoms with Crippen molar-refractivity contribution in [3.05, 3.63) is 23.8 Å². The van der Waals surface area contributed by atoms with E-state index in [0.29, 0.717) is 35.9 Å². The fourth-order valence-electron chi connectivity index (χ4n) is 8.37. The Morgan fingerprint density at radius 2 is 1.90 bits per heavy atom. The fraction of sp³-hybridized carbons (Fsp3) is 0.778. The van der Waals surface area contributed by atoms with Crippen molar-refractivity contribution >= 4 is 19.9 Å². The molecule has 31 heavy (non-hydrogen) atoms. The van der Waals surface area contributed by atoms with Gasteiger partial charge in [-0.05, 0) is 86.6 Å². The van der Waals surface area contributed by atoms with Gasteiger partial charge in [0.2, 0.25) is 0 Å². The van der Waals surface area contributed by atoms with Crippen LogP contribution in [0.2, 0.25) is 19.6 Å². The maximum absolute atomic E-state index is 13.4. The van der Waals surface area contributed by atoms with E-state index in [-0.39, 0.29) is 28.1 Å². The summed E-state index contributed by atoms with van der Waals surface area (Å²) >= 11 is 0. The first-order valence-electron chi connectivity index (χ1n) is 12.4. The van der Waals surface area contributed by atoms with Crippen molar-refractivity contribution in [2.75, 3.05) is 0 Å². The molecule has 0 aromatic carbocycles. The molecule has 0 saturated heterocycles. The number of rotatable bonds is 4. The second-order valence-corrected chi connectivity index (χ2v) is 17.0. The Labute approximate surface area is 190 Å². The largest absolute Gasteiger partial charge is 0.414 e. The van der Waals surface area contributed by atoms with E-state index in [0.717, 1.165) is 25.7 Å². The standard InChI is InChI=1S/C27H42O3Si/c1-9-23(29)27(5)17(2)14-21-20-11-10-18-15-19(28)12-13-25(18,3)24(20)22(16-26(21,27)4)30-31(6,7)8/h12-13,15,17,20-22,24H,9-11,14,16H2,1-8H3/t17-,20+,21+,22+,24-,25+,26+,27-/m1/s1. The molecule has 4 aliphatic carbocycles. The van der Waals surface area contributed by atoms with Crippen molar-refractivity contribution in [1.29, 1.82) is 0 Å². The van der Waals surface area contributed by atoms with Crippen molar-refractivity contribution in [2.45, 2.75) is 92.5 Å². The van der Waals surface area contributed by atoms with Crippen LogP contribution in [0.25, 0.3) is 0 Å². The van der Waals surface area contributed by atoms with Gasteiger partial charge in [-0.15, -0.1) is 0 Å². The van der Waals surface area contributed by atoms with Gasteiger partial charge in [0.1, 0.15) is 5.78 Å². The Hall–Kier alpha value is -1.00. The lowest BCUT2D eigenvalue weighted by Crippen LogP contribution is -2.60. The third-order valence-corrected chi connectivity index (χ3v) is 11.1. The van der Waals surface area contributed by atoms with E-state index in [4.69, 9.17) is 4.43 Å². The highest BCUT2D eigenvalue weighted by Crippen LogP contribution is 2.71. The molecule has 0 heterocycles. The molecule has 172 valence electrons. The zero-order valence-corrected chi connectivity index (χ0v) is 21.9. The average Bonchev–Trinajstić information content (AvgIpc) is 2.87. The van der Waals surface area contributed by atoms with Crippen LogP contribution in [0.4, 0.5) is 0 Å². The molecule has 0 unspecified atom stereocenters. The number of hydrogen-bond donors (Lipinski definition) is 0. The SMILES string of the molecule is CCC(=O)[C@@]1(C)[C@H](C)C[C@H]2[C@@H]3CCC4=CC(=O)C=C[C@]4(C)[C@H]3[C@@H](O[Si](C)(C)C)C[C@@]21C. The summed E-state index contributed by atoms with van der Waals surface area (Å²) in [5.74, 6) is 2.42. The van der Waals surface area contributed by atoms with Crippen LogP contribution in [0.3, 0.4) is 0 Å². The molecule has 4 aliphatic rings. The molecule has 0 amide bonds. The molecule has 0 aliphatic heterocycles. The topological polar surface area (TPSA) is 43.4 Å². The number of carbonyl (C=O) groups is 2. The monoisotopic (exact) mass is 442 g/mol. The highest BCUT2D eigenvalue weighted by molar-refractivity contribution is 6.69. The molecule has 4 heteroatoms. The van der Waals surface area contributed by atoms with Crippen molar-refractivity contribution < 1.29 is 14.0 Å². The molecule has 8 atom stereocenters. The highest BCUT2D eigenvalue weighted by atomic mass is 28.4. The lowest BCUT2D eigenvalue weighted by atomic mass is 9.44. The van der Waals surface area contributed by atoms with Crippen LogP contribution in [-0.2, 0) is 14.0 Å². The van der Waals surface area contributed by atoms with Crippen LogP contribution in [0.5, 0.6) is 0 Å². The van der Waals surface area contributed by atoms with Crippen LogP contribution in [-0.4, -0.2) is 26.0 Å². The average molecular weight is 443 g/mol. The van der Waals surface area contributed by atoms with E-state index < -0.39 is 8.32 Å². The fourth-order valence-corrected chi connectivity index (χ4v) is 9.51. The molecule has 3 nitrogen and oxygen atoms in total. The van der Waals surface area contributed by atoms with E-state index in [9.17, 15) is 9.59 Å². The minimum Gasteiger partial charge on any atom is -0.414 e. The van der Waals surface area contributed by atoms with Crippen molar-refractivity contribution in [2.24, 2.45) is 39.9 Å². The van der Waals surface area contributed by atoms with Crippen LogP contribution >= 0.6 is 0 Å². The summed E-state index contributed by atoms with van der Waals surface area (Å²) in [4.78, 5) is 25.6. The van der Waals surface area contributed by atoms with E-state index >= 15 is 0 Å². The van der Waals surface area contributed by atoms with Gasteiger partial charge >= 0.3 is 0 Å². The number of hydrogen-bond acceptors (Lipinski definition) is 3. The Morgan fingerprint density at radius 1 is 1.23 bits per heavy atom. The minimum absolute atomic E-state index is 0.0310. The van der Waals surface area contributed by atoms with Gasteiger partial charge in [-0.3, -0.25) is 9.59 Å². The van der Waals surface area contributed by atoms with E-state index in [1.807, 2.05) is 13.0 Å². The van der Waals surface area contributed by atoms with Crippen LogP contribution in [0.1, 0.15) is 66.7 Å². The molecule has 0 radical (unpaired) electrons. The number of Topliss-reactive ketones (excluding diaryl/α,β-unsaturated/α-hetero) is 1. The maximum Gasteiger partial charge on any atom is 0.184 e. The smallest absolute Gasteiger partial charge is 0.184 e. The lowest BCUT2D eigenvalue weighted by molar-refractivity contribution is -0.153. The van der Waals surface area contributed by atoms with E-state index in [2.05, 4.69) is 53.4 Å². The summed E-state index contributed by atoms with van der Waals surface area (Å²) in [7, 11) is -1.80. The van der Waals surface area contributed by atoms with Crippen LogP contribution in [0.15, 0.2) is 23.8 Å². The first kappa shape index (κ1) is 23.2. The first-order valence-corrected chi connectivity index (χ1v) is 15.8. The zero-order chi connectivity index (χ0) is 23.0. The summed E-state index contributed by atoms with van der Waals surface area (Å²) in [5.41, 5.74) is 0.872. The van der Waals surface area contributed by atoms with Gasteiger partial charge in [0.05, 0.1) is 0 Å². The second kappa shape index (κ2) is 7.25. The molecule has 0 N–H and O–H groups in total. The normalized spacial score (nSPS) is 46.8. The van der Waals surface area contributed by atoms with E-state index in [1.165, 1.54) is 5.57 Å². The maximum atomic E-state index is 13.4. The molecule has 3 saturated carbocycles. The summed E-state index contributed by atoms with van der Waals surface area (Å²) < 4.78 is 6.99. The Bertz CT molecular complexity index is 851. The van der Waals surface area contributed by atoms with Crippen LogP contribution < -0.4 is 0 Å². The zero-order valence-electron chi connectivity index (χ0n) is 20.9. The van der Waals surface area contributed by atoms with Gasteiger partial charge < -0.3 is 4.43 Å². The second-order valence-electron chi connectivity index (χ2n) is 12.5. The first-order chi connectivity index (χ1) is 14.3. The van der Waals surface area contributed by atoms with Crippen LogP contribution in [0, 0.1) is 39.9 Å². The number of carbonyl (C=O) groups excluding carboxylic acids is 2. The minimum atomic E-state index is -1.80. The highest BCUT2D eigenvalue weighted by Gasteiger charge is 2.69. The molecule has 0 spiro atoms. The third-order valence-electron chi connectivity index (χ3n) is 10.0. The van der Waals surface area contributed by atoms with Gasteiger partial charge in [0, 0.05) is 23.4 Å². The molecule has 4 rings (SSSR count). The van der Waals surface area contributed by atoms with Gasteiger partial charge in [0.15, 0.2) is 14.1 Å². The predicted octanol–water partition coefficient (Wildman–Crippen LogP) is 6.36. The predicted molar refractivity (Wildman–Crippen MR) is 128 cm³/mol. The number of ketones is 2. The molecule has 3 fully saturated rings. The van der Waals surface area contributed by atoms with Gasteiger partial charge in [0.25, 0.3) is 0 Å². The Balaban J connectivity index is 1.84. The Morgan fingerprint density at radius 3 is 2.52 bits per heavy atom. The molecule has 0 aromatic heterocycles. The summed E-state index contributed by atoms with van der Waals surface area (Å²) in [6.07, 6.45) is 10.8. The summed E-state index contributed by atoms with van der Waals surface area (Å²) in [5, 5.41) is 0. The van der Waals surface area contributed by atoms with Gasteiger partial charge in [-0.2, -0.15) is 0 Å². The molecule has 0 aromatic rings. The van der Waals surface area contributed by atoms with Crippen molar-refractivity contribution in [3.63, 3.8) is 0 Å². The lowest BCUT2D eigenvalue weighted by Gasteiger charge is -2.61. The van der Waals surface area contributed by atoms with Gasteiger partial charge in [-0.1, -0.05) is 46.3 Å². The molecular formula is C27H42O3Si. The third kappa shape index (κ3) is 3.22. The van der Waals surface area contributed by atoms with Gasteiger partial charge in [-0.25, -0.2) is 0 Å². The van der Waals surface area contributed by atoms with Crippen molar-refractivity contribution in [3.8, 4) is 0 Å². The van der Waals surface area contributed by atoms with Crippen molar-refractivity contribution in [1.82, 2.24) is 0 Å². The van der Waals surface area contributed by atoms with E-state index in [1.54, 1.807) is 6.08 Å². The molecular weight excluding hydrogens is 400 g/mol. The summed E-state index contributed by atoms with van der Waals surface area (Å²) in [6, 6.07) is 0. The molecule has 0 bridgehead atoms. The number of fused-ring (bicyclic) bond motifs is 5. The summed E-state index contributed by atoms with van der Waals surface area (Å²) in [6.45, 7) is 18.2. The quantitative estimate of drug-likeness (QED) is 0.476.